The average molecular weight is 332 g/mol. The van der Waals surface area contributed by atoms with Gasteiger partial charge in [0, 0.05) is 5.56 Å². The van der Waals surface area contributed by atoms with Crippen LogP contribution in [0, 0.1) is 0 Å². The van der Waals surface area contributed by atoms with Crippen LogP contribution in [0.3, 0.4) is 0 Å². The van der Waals surface area contributed by atoms with Gasteiger partial charge in [0.2, 0.25) is 0 Å². The quantitative estimate of drug-likeness (QED) is 0.933. The minimum Gasteiger partial charge on any atom is -0.489 e. The van der Waals surface area contributed by atoms with Gasteiger partial charge in [-0.15, -0.1) is 0 Å². The number of benzene rings is 2. The molecule has 2 aromatic rings. The predicted molar refractivity (Wildman–Crippen MR) is 87.1 cm³/mol. The summed E-state index contributed by atoms with van der Waals surface area (Å²) in [7, 11) is 0. The van der Waals surface area contributed by atoms with E-state index in [-0.39, 0.29) is 11.6 Å². The zero-order chi connectivity index (χ0) is 17.2. The third-order valence-electron chi connectivity index (χ3n) is 4.07. The van der Waals surface area contributed by atoms with E-state index in [0.29, 0.717) is 12.4 Å². The van der Waals surface area contributed by atoms with Crippen LogP contribution in [0.2, 0.25) is 0 Å². The van der Waals surface area contributed by atoms with Crippen molar-refractivity contribution in [2.24, 2.45) is 10.7 Å². The first kappa shape index (κ1) is 16.2. The minimum atomic E-state index is -3.17. The molecule has 2 N–H and O–H groups in total. The molecule has 0 unspecified atom stereocenters. The monoisotopic (exact) mass is 332 g/mol. The van der Waals surface area contributed by atoms with Gasteiger partial charge in [-0.2, -0.15) is 8.78 Å². The Morgan fingerprint density at radius 3 is 2.67 bits per heavy atom. The lowest BCUT2D eigenvalue weighted by Crippen LogP contribution is -2.53. The van der Waals surface area contributed by atoms with Crippen molar-refractivity contribution >= 4 is 6.02 Å². The first-order valence-electron chi connectivity index (χ1n) is 7.55. The van der Waals surface area contributed by atoms with Gasteiger partial charge < -0.3 is 15.2 Å². The van der Waals surface area contributed by atoms with E-state index in [1.807, 2.05) is 30.3 Å². The highest BCUT2D eigenvalue weighted by molar-refractivity contribution is 5.73. The average Bonchev–Trinajstić information content (AvgIpc) is 2.58. The van der Waals surface area contributed by atoms with Gasteiger partial charge in [0.25, 0.3) is 6.02 Å². The van der Waals surface area contributed by atoms with Crippen LogP contribution >= 0.6 is 0 Å². The van der Waals surface area contributed by atoms with Crippen LogP contribution in [0.1, 0.15) is 18.1 Å². The first-order valence-corrected chi connectivity index (χ1v) is 7.55. The molecule has 126 valence electrons. The van der Waals surface area contributed by atoms with Gasteiger partial charge in [-0.3, -0.25) is 0 Å². The smallest absolute Gasteiger partial charge is 0.310 e. The molecule has 0 fully saturated rings. The molecule has 1 aliphatic heterocycles. The van der Waals surface area contributed by atoms with Crippen molar-refractivity contribution < 1.29 is 18.3 Å². The lowest BCUT2D eigenvalue weighted by molar-refractivity contribution is -0.172. The number of nitrogens with two attached hydrogens (primary N) is 1. The molecule has 0 aromatic heterocycles. The van der Waals surface area contributed by atoms with Crippen molar-refractivity contribution in [3.63, 3.8) is 0 Å². The van der Waals surface area contributed by atoms with Crippen LogP contribution in [0.5, 0.6) is 5.75 Å². The molecule has 0 radical (unpaired) electrons. The van der Waals surface area contributed by atoms with Gasteiger partial charge >= 0.3 is 5.92 Å². The van der Waals surface area contributed by atoms with Gasteiger partial charge in [-0.1, -0.05) is 42.5 Å². The van der Waals surface area contributed by atoms with Gasteiger partial charge in [0.1, 0.15) is 18.9 Å². The van der Waals surface area contributed by atoms with E-state index in [9.17, 15) is 8.78 Å². The standard InChI is InChI=1S/C18H18F2N2O2/c1-17(18(19,20)12-22-16(21)24-17)14-8-5-9-15(10-14)23-11-13-6-3-2-4-7-13/h2-10H,11-12H2,1H3,(H2,21,22)/t17-/m1/s1. The van der Waals surface area contributed by atoms with E-state index in [1.54, 1.807) is 24.3 Å². The summed E-state index contributed by atoms with van der Waals surface area (Å²) in [6.45, 7) is 0.955. The van der Waals surface area contributed by atoms with E-state index in [0.717, 1.165) is 5.56 Å². The summed E-state index contributed by atoms with van der Waals surface area (Å²) in [6, 6.07) is 15.9. The molecule has 1 aliphatic rings. The number of amidine groups is 1. The Balaban J connectivity index is 1.83. The van der Waals surface area contributed by atoms with E-state index in [4.69, 9.17) is 15.2 Å². The Kier molecular flexibility index (Phi) is 4.13. The molecular weight excluding hydrogens is 314 g/mol. The summed E-state index contributed by atoms with van der Waals surface area (Å²) in [5.41, 5.74) is 4.90. The van der Waals surface area contributed by atoms with Crippen LogP contribution in [0.15, 0.2) is 59.6 Å². The Morgan fingerprint density at radius 1 is 1.17 bits per heavy atom. The number of alkyl halides is 2. The van der Waals surface area contributed by atoms with E-state index < -0.39 is 18.1 Å². The molecule has 24 heavy (non-hydrogen) atoms. The van der Waals surface area contributed by atoms with Gasteiger partial charge in [0.05, 0.1) is 0 Å². The van der Waals surface area contributed by atoms with Crippen LogP contribution in [0.25, 0.3) is 0 Å². The van der Waals surface area contributed by atoms with Crippen molar-refractivity contribution in [3.8, 4) is 5.75 Å². The van der Waals surface area contributed by atoms with Crippen LogP contribution in [-0.4, -0.2) is 18.5 Å². The number of ether oxygens (including phenoxy) is 2. The molecule has 1 heterocycles. The largest absolute Gasteiger partial charge is 0.489 e. The maximum Gasteiger partial charge on any atom is 0.310 e. The van der Waals surface area contributed by atoms with Crippen LogP contribution < -0.4 is 10.5 Å². The van der Waals surface area contributed by atoms with Crippen LogP contribution in [0.4, 0.5) is 8.78 Å². The summed E-state index contributed by atoms with van der Waals surface area (Å²) in [5.74, 6) is -2.69. The van der Waals surface area contributed by atoms with E-state index in [2.05, 4.69) is 4.99 Å². The summed E-state index contributed by atoms with van der Waals surface area (Å²) in [4.78, 5) is 3.49. The number of rotatable bonds is 4. The molecule has 3 rings (SSSR count). The lowest BCUT2D eigenvalue weighted by atomic mass is 9.88. The maximum absolute atomic E-state index is 14.4. The molecule has 0 saturated heterocycles. The number of hydrogen-bond acceptors (Lipinski definition) is 4. The van der Waals surface area contributed by atoms with Gasteiger partial charge in [0.15, 0.2) is 5.60 Å². The molecule has 6 heteroatoms. The highest BCUT2D eigenvalue weighted by Crippen LogP contribution is 2.43. The number of aliphatic imine (C=N–C) groups is 1. The molecule has 2 aromatic carbocycles. The van der Waals surface area contributed by atoms with Crippen LogP contribution in [-0.2, 0) is 16.9 Å². The number of halogens is 2. The predicted octanol–water partition coefficient (Wildman–Crippen LogP) is 3.46. The Labute approximate surface area is 138 Å². The number of hydrogen-bond donors (Lipinski definition) is 1. The minimum absolute atomic E-state index is 0.237. The van der Waals surface area contributed by atoms with E-state index in [1.165, 1.54) is 6.92 Å². The molecule has 0 spiro atoms. The third-order valence-corrected chi connectivity index (χ3v) is 4.07. The Morgan fingerprint density at radius 2 is 1.92 bits per heavy atom. The van der Waals surface area contributed by atoms with Crippen molar-refractivity contribution in [3.05, 3.63) is 65.7 Å². The SMILES string of the molecule is C[C@]1(c2cccc(OCc3ccccc3)c2)OC(N)=NCC1(F)F. The summed E-state index contributed by atoms with van der Waals surface area (Å²) < 4.78 is 39.6. The van der Waals surface area contributed by atoms with Crippen molar-refractivity contribution in [1.29, 1.82) is 0 Å². The normalized spacial score (nSPS) is 22.4. The fourth-order valence-electron chi connectivity index (χ4n) is 2.54. The zero-order valence-electron chi connectivity index (χ0n) is 13.2. The fourth-order valence-corrected chi connectivity index (χ4v) is 2.54. The summed E-state index contributed by atoms with van der Waals surface area (Å²) in [5, 5.41) is 0. The molecular formula is C18H18F2N2O2. The lowest BCUT2D eigenvalue weighted by Gasteiger charge is -2.39. The summed E-state index contributed by atoms with van der Waals surface area (Å²) in [6.07, 6.45) is 0. The van der Waals surface area contributed by atoms with Crippen molar-refractivity contribution in [1.82, 2.24) is 0 Å². The molecule has 0 bridgehead atoms. The second-order valence-corrected chi connectivity index (χ2v) is 5.80. The second-order valence-electron chi connectivity index (χ2n) is 5.80. The van der Waals surface area contributed by atoms with Gasteiger partial charge in [-0.25, -0.2) is 4.99 Å². The third kappa shape index (κ3) is 3.04. The number of nitrogens with zero attached hydrogens (tertiary/aromatic N) is 1. The van der Waals surface area contributed by atoms with E-state index >= 15 is 0 Å². The first-order chi connectivity index (χ1) is 11.4. The highest BCUT2D eigenvalue weighted by atomic mass is 19.3. The fraction of sp³-hybridized carbons (Fsp3) is 0.278. The molecule has 0 amide bonds. The molecule has 4 nitrogen and oxygen atoms in total. The molecule has 1 atom stereocenters. The maximum atomic E-state index is 14.4. The molecule has 0 saturated carbocycles. The van der Waals surface area contributed by atoms with Crippen molar-refractivity contribution in [2.45, 2.75) is 25.1 Å². The Hall–Kier alpha value is -2.63. The second kappa shape index (κ2) is 6.11. The van der Waals surface area contributed by atoms with Gasteiger partial charge in [-0.05, 0) is 24.6 Å². The summed E-state index contributed by atoms with van der Waals surface area (Å²) >= 11 is 0. The zero-order valence-corrected chi connectivity index (χ0v) is 13.2. The van der Waals surface area contributed by atoms with Crippen molar-refractivity contribution in [2.75, 3.05) is 6.54 Å². The highest BCUT2D eigenvalue weighted by Gasteiger charge is 2.56. The topological polar surface area (TPSA) is 56.8 Å². The Bertz CT molecular complexity index is 750. The molecule has 0 aliphatic carbocycles.